The zero-order chi connectivity index (χ0) is 23.5. The van der Waals surface area contributed by atoms with Gasteiger partial charge in [0.15, 0.2) is 0 Å². The summed E-state index contributed by atoms with van der Waals surface area (Å²) in [6.07, 6.45) is 0. The van der Waals surface area contributed by atoms with Gasteiger partial charge in [-0.2, -0.15) is 4.31 Å². The molecule has 2 heterocycles. The van der Waals surface area contributed by atoms with Gasteiger partial charge in [0.25, 0.3) is 15.9 Å². The third-order valence-electron chi connectivity index (χ3n) is 5.44. The Morgan fingerprint density at radius 1 is 1.16 bits per heavy atom. The van der Waals surface area contributed by atoms with Crippen molar-refractivity contribution >= 4 is 33.2 Å². The maximum Gasteiger partial charge on any atom is 0.254 e. The molecule has 8 nitrogen and oxygen atoms in total. The second-order valence-electron chi connectivity index (χ2n) is 8.72. The van der Waals surface area contributed by atoms with Crippen LogP contribution in [0.2, 0.25) is 0 Å². The fourth-order valence-corrected chi connectivity index (χ4v) is 6.16. The summed E-state index contributed by atoms with van der Waals surface area (Å²) in [7, 11) is -3.73. The predicted octanol–water partition coefficient (Wildman–Crippen LogP) is 1.64. The van der Waals surface area contributed by atoms with E-state index < -0.39 is 22.0 Å². The van der Waals surface area contributed by atoms with E-state index in [1.165, 1.54) is 15.3 Å². The molecule has 0 radical (unpaired) electrons. The molecule has 0 spiro atoms. The quantitative estimate of drug-likeness (QED) is 0.655. The maximum atomic E-state index is 13.3. The van der Waals surface area contributed by atoms with E-state index in [4.69, 9.17) is 5.73 Å². The van der Waals surface area contributed by atoms with Gasteiger partial charge in [-0.25, -0.2) is 8.42 Å². The fraction of sp³-hybridized carbons (Fsp3) is 0.455. The van der Waals surface area contributed by atoms with E-state index >= 15 is 0 Å². The van der Waals surface area contributed by atoms with E-state index in [0.29, 0.717) is 5.56 Å². The topological polar surface area (TPSA) is 113 Å². The van der Waals surface area contributed by atoms with Gasteiger partial charge < -0.3 is 16.0 Å². The van der Waals surface area contributed by atoms with Crippen LogP contribution in [-0.4, -0.2) is 68.2 Å². The summed E-state index contributed by atoms with van der Waals surface area (Å²) in [6.45, 7) is 6.90. The normalized spacial score (nSPS) is 17.9. The average Bonchev–Trinajstić information content (AvgIpc) is 3.32. The molecule has 3 rings (SSSR count). The summed E-state index contributed by atoms with van der Waals surface area (Å²) in [5.41, 5.74) is 7.01. The summed E-state index contributed by atoms with van der Waals surface area (Å²) in [6, 6.07) is 9.60. The third kappa shape index (κ3) is 5.20. The Labute approximate surface area is 193 Å². The Balaban J connectivity index is 1.86. The molecule has 2 amide bonds. The van der Waals surface area contributed by atoms with Crippen LogP contribution in [0.4, 0.5) is 0 Å². The molecule has 0 saturated carbocycles. The van der Waals surface area contributed by atoms with E-state index in [9.17, 15) is 18.0 Å². The zero-order valence-electron chi connectivity index (χ0n) is 18.6. The first-order valence-corrected chi connectivity index (χ1v) is 12.8. The molecular formula is C22H30N4O4S2. The lowest BCUT2D eigenvalue weighted by Crippen LogP contribution is -2.61. The number of nitrogens with one attached hydrogen (secondary N) is 1. The van der Waals surface area contributed by atoms with Crippen LogP contribution in [-0.2, 0) is 20.2 Å². The molecule has 1 aromatic heterocycles. The number of hydrogen-bond acceptors (Lipinski definition) is 6. The number of nitrogens with two attached hydrogens (primary N) is 1. The first kappa shape index (κ1) is 24.4. The zero-order valence-corrected chi connectivity index (χ0v) is 20.2. The molecule has 1 aromatic carbocycles. The number of rotatable bonds is 6. The summed E-state index contributed by atoms with van der Waals surface area (Å²) >= 11 is 1.13. The Hall–Kier alpha value is -2.27. The van der Waals surface area contributed by atoms with Crippen molar-refractivity contribution in [3.8, 4) is 0 Å². The standard InChI is InChI=1S/C22H30N4O4S2/c1-22(2,3)17-8-6-16(7-9-17)21(28)26-13-12-25(15-18(26)20(27)24-11-10-23)32(29,30)19-5-4-14-31-19/h4-9,14,18H,10-13,15,23H2,1-3H3,(H,24,27). The van der Waals surface area contributed by atoms with E-state index in [1.54, 1.807) is 23.6 Å². The number of amides is 2. The number of hydrogen-bond donors (Lipinski definition) is 2. The number of benzene rings is 1. The summed E-state index contributed by atoms with van der Waals surface area (Å²) < 4.78 is 27.5. The van der Waals surface area contributed by atoms with Crippen LogP contribution in [0.5, 0.6) is 0 Å². The molecule has 10 heteroatoms. The first-order valence-electron chi connectivity index (χ1n) is 10.5. The molecule has 2 aromatic rings. The van der Waals surface area contributed by atoms with Crippen molar-refractivity contribution in [3.63, 3.8) is 0 Å². The molecule has 1 aliphatic rings. The summed E-state index contributed by atoms with van der Waals surface area (Å²) in [5.74, 6) is -0.715. The lowest BCUT2D eigenvalue weighted by Gasteiger charge is -2.39. The SMILES string of the molecule is CC(C)(C)c1ccc(C(=O)N2CCN(S(=O)(=O)c3cccs3)CC2C(=O)NCCN)cc1. The number of carbonyl (C=O) groups excluding carboxylic acids is 2. The molecule has 1 saturated heterocycles. The first-order chi connectivity index (χ1) is 15.1. The van der Waals surface area contributed by atoms with Gasteiger partial charge in [0.05, 0.1) is 0 Å². The molecule has 0 aliphatic carbocycles. The molecule has 1 fully saturated rings. The van der Waals surface area contributed by atoms with Crippen LogP contribution >= 0.6 is 11.3 Å². The number of piperazine rings is 1. The van der Waals surface area contributed by atoms with Crippen LogP contribution in [0.3, 0.4) is 0 Å². The van der Waals surface area contributed by atoms with Crippen molar-refractivity contribution in [1.29, 1.82) is 0 Å². The summed E-state index contributed by atoms with van der Waals surface area (Å²) in [4.78, 5) is 27.6. The van der Waals surface area contributed by atoms with Gasteiger partial charge in [0.2, 0.25) is 5.91 Å². The van der Waals surface area contributed by atoms with Gasteiger partial charge in [-0.05, 0) is 34.6 Å². The number of carbonyl (C=O) groups is 2. The average molecular weight is 479 g/mol. The number of thiophene rings is 1. The minimum Gasteiger partial charge on any atom is -0.353 e. The third-order valence-corrected chi connectivity index (χ3v) is 8.68. The number of sulfonamides is 1. The molecule has 1 atom stereocenters. The highest BCUT2D eigenvalue weighted by molar-refractivity contribution is 7.91. The van der Waals surface area contributed by atoms with Crippen molar-refractivity contribution < 1.29 is 18.0 Å². The van der Waals surface area contributed by atoms with Gasteiger partial charge in [0, 0.05) is 38.3 Å². The minimum absolute atomic E-state index is 0.0476. The monoisotopic (exact) mass is 478 g/mol. The summed E-state index contributed by atoms with van der Waals surface area (Å²) in [5, 5.41) is 4.39. The Bertz CT molecular complexity index is 1040. The smallest absolute Gasteiger partial charge is 0.254 e. The van der Waals surface area contributed by atoms with Crippen LogP contribution in [0.25, 0.3) is 0 Å². The van der Waals surface area contributed by atoms with Crippen LogP contribution in [0.1, 0.15) is 36.7 Å². The number of nitrogens with zero attached hydrogens (tertiary/aromatic N) is 2. The second-order valence-corrected chi connectivity index (χ2v) is 11.8. The lowest BCUT2D eigenvalue weighted by atomic mass is 9.86. The minimum atomic E-state index is -3.73. The fourth-order valence-electron chi connectivity index (χ4n) is 3.57. The van der Waals surface area contributed by atoms with Crippen molar-refractivity contribution in [1.82, 2.24) is 14.5 Å². The highest BCUT2D eigenvalue weighted by Crippen LogP contribution is 2.26. The molecule has 3 N–H and O–H groups in total. The largest absolute Gasteiger partial charge is 0.353 e. The lowest BCUT2D eigenvalue weighted by molar-refractivity contribution is -0.126. The maximum absolute atomic E-state index is 13.3. The molecule has 0 bridgehead atoms. The van der Waals surface area contributed by atoms with E-state index in [0.717, 1.165) is 16.9 Å². The van der Waals surface area contributed by atoms with Crippen LogP contribution < -0.4 is 11.1 Å². The van der Waals surface area contributed by atoms with Crippen molar-refractivity contribution in [2.75, 3.05) is 32.7 Å². The highest BCUT2D eigenvalue weighted by Gasteiger charge is 2.40. The second kappa shape index (κ2) is 9.70. The molecule has 32 heavy (non-hydrogen) atoms. The van der Waals surface area contributed by atoms with Gasteiger partial charge >= 0.3 is 0 Å². The Morgan fingerprint density at radius 2 is 1.84 bits per heavy atom. The van der Waals surface area contributed by atoms with Crippen molar-refractivity contribution in [2.45, 2.75) is 36.4 Å². The van der Waals surface area contributed by atoms with E-state index in [-0.39, 0.29) is 48.3 Å². The van der Waals surface area contributed by atoms with Crippen molar-refractivity contribution in [3.05, 3.63) is 52.9 Å². The van der Waals surface area contributed by atoms with E-state index in [2.05, 4.69) is 26.1 Å². The van der Waals surface area contributed by atoms with Gasteiger partial charge in [-0.1, -0.05) is 39.0 Å². The highest BCUT2D eigenvalue weighted by atomic mass is 32.2. The molecule has 1 aliphatic heterocycles. The molecule has 174 valence electrons. The predicted molar refractivity (Wildman–Crippen MR) is 125 cm³/mol. The van der Waals surface area contributed by atoms with Crippen molar-refractivity contribution in [2.24, 2.45) is 5.73 Å². The van der Waals surface area contributed by atoms with Gasteiger partial charge in [-0.15, -0.1) is 11.3 Å². The van der Waals surface area contributed by atoms with Crippen LogP contribution in [0, 0.1) is 0 Å². The molecule has 1 unspecified atom stereocenters. The Morgan fingerprint density at radius 3 is 2.41 bits per heavy atom. The Kier molecular flexibility index (Phi) is 7.39. The molecular weight excluding hydrogens is 448 g/mol. The van der Waals surface area contributed by atoms with Crippen LogP contribution in [0.15, 0.2) is 46.0 Å². The van der Waals surface area contributed by atoms with E-state index in [1.807, 2.05) is 12.1 Å². The van der Waals surface area contributed by atoms with Gasteiger partial charge in [-0.3, -0.25) is 9.59 Å². The van der Waals surface area contributed by atoms with Gasteiger partial charge in [0.1, 0.15) is 10.3 Å².